The number of sulfonamides is 1. The molecule has 2 aromatic rings. The van der Waals surface area contributed by atoms with Gasteiger partial charge in [-0.3, -0.25) is 14.4 Å². The fraction of sp³-hybridized carbons (Fsp3) is 0.250. The van der Waals surface area contributed by atoms with E-state index in [1.807, 2.05) is 30.3 Å². The van der Waals surface area contributed by atoms with Crippen molar-refractivity contribution in [1.29, 1.82) is 0 Å². The Labute approximate surface area is 134 Å². The molecule has 0 spiro atoms. The molecule has 2 aromatic carbocycles. The summed E-state index contributed by atoms with van der Waals surface area (Å²) in [4.78, 5) is 10.8. The molecule has 0 saturated heterocycles. The highest BCUT2D eigenvalue weighted by molar-refractivity contribution is 7.94. The molecule has 0 bridgehead atoms. The summed E-state index contributed by atoms with van der Waals surface area (Å²) in [7, 11) is -3.75. The molecular formula is C16H16N2O4S. The molecule has 6 nitrogen and oxygen atoms in total. The Morgan fingerprint density at radius 2 is 1.74 bits per heavy atom. The van der Waals surface area contributed by atoms with Gasteiger partial charge in [0.25, 0.3) is 5.69 Å². The first kappa shape index (κ1) is 15.5. The zero-order valence-corrected chi connectivity index (χ0v) is 13.6. The fourth-order valence-electron chi connectivity index (χ4n) is 2.96. The summed E-state index contributed by atoms with van der Waals surface area (Å²) in [5.41, 5.74) is 1.30. The molecule has 0 amide bonds. The quantitative estimate of drug-likeness (QED) is 0.638. The number of fused-ring (bicyclic) bond motifs is 1. The lowest BCUT2D eigenvalue weighted by atomic mass is 9.98. The molecule has 0 unspecified atom stereocenters. The van der Waals surface area contributed by atoms with E-state index in [2.05, 4.69) is 0 Å². The van der Waals surface area contributed by atoms with Crippen LogP contribution in [0.5, 0.6) is 0 Å². The third kappa shape index (κ3) is 2.19. The van der Waals surface area contributed by atoms with Crippen molar-refractivity contribution < 1.29 is 13.3 Å². The average molecular weight is 332 g/mol. The summed E-state index contributed by atoms with van der Waals surface area (Å²) in [5.74, 6) is 0. The van der Waals surface area contributed by atoms with E-state index >= 15 is 0 Å². The number of nitrogens with zero attached hydrogens (tertiary/aromatic N) is 2. The van der Waals surface area contributed by atoms with Crippen molar-refractivity contribution >= 4 is 21.4 Å². The van der Waals surface area contributed by atoms with Crippen molar-refractivity contribution in [2.24, 2.45) is 0 Å². The van der Waals surface area contributed by atoms with Crippen molar-refractivity contribution in [3.8, 4) is 0 Å². The maximum atomic E-state index is 13.0. The van der Waals surface area contributed by atoms with Crippen LogP contribution in [0.1, 0.15) is 25.0 Å². The minimum atomic E-state index is -3.75. The Morgan fingerprint density at radius 3 is 2.35 bits per heavy atom. The molecule has 23 heavy (non-hydrogen) atoms. The first-order valence-electron chi connectivity index (χ1n) is 7.11. The standard InChI is InChI=1S/C16H16N2O4S/c1-16(2)15-13(9-6-10-14(15)18(19)20)17(23(16,21)22)11-12-7-4-3-5-8-12/h3-10H,11H2,1-2H3. The summed E-state index contributed by atoms with van der Waals surface area (Å²) in [5, 5.41) is 11.3. The molecule has 0 fully saturated rings. The fourth-order valence-corrected chi connectivity index (χ4v) is 4.71. The van der Waals surface area contributed by atoms with Gasteiger partial charge in [-0.15, -0.1) is 0 Å². The Bertz CT molecular complexity index is 876. The number of hydrogen-bond acceptors (Lipinski definition) is 4. The number of rotatable bonds is 3. The van der Waals surface area contributed by atoms with Crippen molar-refractivity contribution in [3.63, 3.8) is 0 Å². The molecule has 0 aromatic heterocycles. The van der Waals surface area contributed by atoms with E-state index in [9.17, 15) is 18.5 Å². The maximum Gasteiger partial charge on any atom is 0.276 e. The van der Waals surface area contributed by atoms with E-state index in [-0.39, 0.29) is 17.8 Å². The Kier molecular flexibility index (Phi) is 3.40. The van der Waals surface area contributed by atoms with E-state index in [4.69, 9.17) is 0 Å². The van der Waals surface area contributed by atoms with Crippen molar-refractivity contribution in [2.75, 3.05) is 4.31 Å². The Balaban J connectivity index is 2.21. The molecule has 1 aliphatic heterocycles. The lowest BCUT2D eigenvalue weighted by Gasteiger charge is -2.22. The molecule has 0 atom stereocenters. The molecule has 1 aliphatic rings. The van der Waals surface area contributed by atoms with Crippen LogP contribution >= 0.6 is 0 Å². The van der Waals surface area contributed by atoms with Gasteiger partial charge >= 0.3 is 0 Å². The van der Waals surface area contributed by atoms with Gasteiger partial charge in [0.05, 0.1) is 22.7 Å². The van der Waals surface area contributed by atoms with Crippen LogP contribution in [0.2, 0.25) is 0 Å². The van der Waals surface area contributed by atoms with Crippen LogP contribution < -0.4 is 4.31 Å². The van der Waals surface area contributed by atoms with E-state index in [0.717, 1.165) is 5.56 Å². The molecular weight excluding hydrogens is 316 g/mol. The molecule has 120 valence electrons. The second-order valence-corrected chi connectivity index (χ2v) is 8.35. The van der Waals surface area contributed by atoms with E-state index in [1.165, 1.54) is 30.3 Å². The Morgan fingerprint density at radius 1 is 1.09 bits per heavy atom. The minimum absolute atomic E-state index is 0.154. The van der Waals surface area contributed by atoms with Crippen LogP contribution in [0, 0.1) is 10.1 Å². The number of nitro groups is 1. The highest BCUT2D eigenvalue weighted by atomic mass is 32.2. The first-order valence-corrected chi connectivity index (χ1v) is 8.55. The average Bonchev–Trinajstić information content (AvgIpc) is 2.66. The van der Waals surface area contributed by atoms with Gasteiger partial charge in [-0.1, -0.05) is 36.4 Å². The van der Waals surface area contributed by atoms with Gasteiger partial charge in [0.2, 0.25) is 10.0 Å². The van der Waals surface area contributed by atoms with Crippen LogP contribution in [-0.4, -0.2) is 13.3 Å². The second kappa shape index (κ2) is 5.06. The van der Waals surface area contributed by atoms with Gasteiger partial charge in [0, 0.05) is 6.07 Å². The number of benzene rings is 2. The van der Waals surface area contributed by atoms with Gasteiger partial charge in [0.1, 0.15) is 4.75 Å². The zero-order valence-electron chi connectivity index (χ0n) is 12.8. The lowest BCUT2D eigenvalue weighted by Crippen LogP contribution is -2.35. The van der Waals surface area contributed by atoms with E-state index in [1.54, 1.807) is 6.07 Å². The summed E-state index contributed by atoms with van der Waals surface area (Å²) in [6.45, 7) is 3.18. The molecule has 0 N–H and O–H groups in total. The predicted molar refractivity (Wildman–Crippen MR) is 87.7 cm³/mol. The molecule has 7 heteroatoms. The topological polar surface area (TPSA) is 80.5 Å². The van der Waals surface area contributed by atoms with Crippen molar-refractivity contribution in [1.82, 2.24) is 0 Å². The lowest BCUT2D eigenvalue weighted by molar-refractivity contribution is -0.385. The smallest absolute Gasteiger partial charge is 0.265 e. The largest absolute Gasteiger partial charge is 0.276 e. The van der Waals surface area contributed by atoms with Crippen molar-refractivity contribution in [2.45, 2.75) is 25.1 Å². The molecule has 0 aliphatic carbocycles. The van der Waals surface area contributed by atoms with Gasteiger partial charge in [-0.05, 0) is 25.5 Å². The van der Waals surface area contributed by atoms with E-state index < -0.39 is 19.7 Å². The van der Waals surface area contributed by atoms with Crippen LogP contribution in [0.4, 0.5) is 11.4 Å². The molecule has 3 rings (SSSR count). The first-order chi connectivity index (χ1) is 10.8. The predicted octanol–water partition coefficient (Wildman–Crippen LogP) is 3.18. The molecule has 0 radical (unpaired) electrons. The normalized spacial score (nSPS) is 17.7. The summed E-state index contributed by atoms with van der Waals surface area (Å²) in [6, 6.07) is 13.7. The highest BCUT2D eigenvalue weighted by Gasteiger charge is 2.53. The Hall–Kier alpha value is -2.41. The zero-order chi connectivity index (χ0) is 16.8. The maximum absolute atomic E-state index is 13.0. The third-order valence-corrected chi connectivity index (χ3v) is 6.59. The SMILES string of the molecule is CC1(C)c2c(cccc2[N+](=O)[O-])N(Cc2ccccc2)S1(=O)=O. The van der Waals surface area contributed by atoms with Gasteiger partial charge < -0.3 is 0 Å². The van der Waals surface area contributed by atoms with Gasteiger partial charge in [0.15, 0.2) is 0 Å². The third-order valence-electron chi connectivity index (χ3n) is 4.19. The van der Waals surface area contributed by atoms with Crippen LogP contribution in [0.15, 0.2) is 48.5 Å². The number of nitro benzene ring substituents is 1. The highest BCUT2D eigenvalue weighted by Crippen LogP contribution is 2.51. The second-order valence-electron chi connectivity index (χ2n) is 5.94. The van der Waals surface area contributed by atoms with Crippen LogP contribution in [0.3, 0.4) is 0 Å². The molecule has 1 heterocycles. The van der Waals surface area contributed by atoms with Crippen molar-refractivity contribution in [3.05, 3.63) is 69.8 Å². The van der Waals surface area contributed by atoms with Gasteiger partial charge in [-0.2, -0.15) is 0 Å². The number of hydrogen-bond donors (Lipinski definition) is 0. The minimum Gasteiger partial charge on any atom is -0.265 e. The summed E-state index contributed by atoms with van der Waals surface area (Å²) >= 11 is 0. The van der Waals surface area contributed by atoms with Crippen LogP contribution in [-0.2, 0) is 21.3 Å². The number of anilines is 1. The summed E-state index contributed by atoms with van der Waals surface area (Å²) in [6.07, 6.45) is 0. The van der Waals surface area contributed by atoms with Gasteiger partial charge in [-0.25, -0.2) is 8.42 Å². The summed E-state index contributed by atoms with van der Waals surface area (Å²) < 4.78 is 25.8. The molecule has 0 saturated carbocycles. The van der Waals surface area contributed by atoms with Crippen LogP contribution in [0.25, 0.3) is 0 Å². The monoisotopic (exact) mass is 332 g/mol. The van der Waals surface area contributed by atoms with E-state index in [0.29, 0.717) is 5.69 Å².